The lowest BCUT2D eigenvalue weighted by molar-refractivity contribution is -0.137. The number of hydrogen-bond donors (Lipinski definition) is 1. The summed E-state index contributed by atoms with van der Waals surface area (Å²) < 4.78 is 5.66. The fourth-order valence-electron chi connectivity index (χ4n) is 1.94. The molecular formula is C16H25NO3. The molecule has 112 valence electrons. The van der Waals surface area contributed by atoms with Gasteiger partial charge in [-0.2, -0.15) is 0 Å². The smallest absolute Gasteiger partial charge is 0.304 e. The van der Waals surface area contributed by atoms with E-state index in [0.717, 1.165) is 31.7 Å². The van der Waals surface area contributed by atoms with Crippen LogP contribution in [0.25, 0.3) is 0 Å². The van der Waals surface area contributed by atoms with Crippen LogP contribution in [-0.2, 0) is 4.79 Å². The first-order valence-electron chi connectivity index (χ1n) is 7.25. The first-order valence-corrected chi connectivity index (χ1v) is 7.25. The molecule has 0 atom stereocenters. The number of nitrogens with zero attached hydrogens (tertiary/aromatic N) is 1. The number of rotatable bonds is 10. The normalized spacial score (nSPS) is 10.8. The number of carboxylic acids is 1. The monoisotopic (exact) mass is 279 g/mol. The van der Waals surface area contributed by atoms with Gasteiger partial charge in [-0.15, -0.1) is 0 Å². The lowest BCUT2D eigenvalue weighted by Gasteiger charge is -2.19. The molecule has 0 fully saturated rings. The molecular weight excluding hydrogens is 254 g/mol. The number of aliphatic carboxylic acids is 1. The van der Waals surface area contributed by atoms with Gasteiger partial charge < -0.3 is 14.7 Å². The molecule has 0 aliphatic rings. The van der Waals surface area contributed by atoms with E-state index < -0.39 is 5.97 Å². The predicted octanol–water partition coefficient (Wildman–Crippen LogP) is 2.95. The van der Waals surface area contributed by atoms with E-state index in [1.165, 1.54) is 5.56 Å². The van der Waals surface area contributed by atoms with Crippen LogP contribution in [-0.4, -0.2) is 42.2 Å². The van der Waals surface area contributed by atoms with Crippen molar-refractivity contribution in [3.63, 3.8) is 0 Å². The third-order valence-corrected chi connectivity index (χ3v) is 3.25. The third kappa shape index (κ3) is 7.14. The van der Waals surface area contributed by atoms with Crippen LogP contribution in [0.15, 0.2) is 24.3 Å². The zero-order chi connectivity index (χ0) is 14.8. The Bertz CT molecular complexity index is 389. The first kappa shape index (κ1) is 16.5. The average Bonchev–Trinajstić information content (AvgIpc) is 2.43. The number of hydrogen-bond acceptors (Lipinski definition) is 3. The quantitative estimate of drug-likeness (QED) is 0.669. The van der Waals surface area contributed by atoms with E-state index in [9.17, 15) is 4.79 Å². The summed E-state index contributed by atoms with van der Waals surface area (Å²) in [6.45, 7) is 7.28. The minimum atomic E-state index is -0.730. The Morgan fingerprint density at radius 3 is 2.50 bits per heavy atom. The second-order valence-corrected chi connectivity index (χ2v) is 4.95. The van der Waals surface area contributed by atoms with Crippen LogP contribution in [0.1, 0.15) is 31.7 Å². The van der Waals surface area contributed by atoms with Crippen LogP contribution in [0, 0.1) is 6.92 Å². The van der Waals surface area contributed by atoms with Gasteiger partial charge in [0, 0.05) is 6.54 Å². The molecule has 0 aliphatic heterocycles. The van der Waals surface area contributed by atoms with Crippen LogP contribution in [0.5, 0.6) is 5.75 Å². The molecule has 0 amide bonds. The Labute approximate surface area is 121 Å². The van der Waals surface area contributed by atoms with E-state index in [2.05, 4.69) is 18.7 Å². The highest BCUT2D eigenvalue weighted by atomic mass is 16.5. The molecule has 0 bridgehead atoms. The van der Waals surface area contributed by atoms with Crippen LogP contribution in [0.3, 0.4) is 0 Å². The predicted molar refractivity (Wildman–Crippen MR) is 80.3 cm³/mol. The minimum Gasteiger partial charge on any atom is -0.494 e. The van der Waals surface area contributed by atoms with Gasteiger partial charge in [0.25, 0.3) is 0 Å². The fraction of sp³-hybridized carbons (Fsp3) is 0.562. The fourth-order valence-corrected chi connectivity index (χ4v) is 1.94. The second kappa shape index (κ2) is 9.37. The molecule has 20 heavy (non-hydrogen) atoms. The van der Waals surface area contributed by atoms with Crippen molar-refractivity contribution in [3.8, 4) is 5.75 Å². The Morgan fingerprint density at radius 2 is 1.90 bits per heavy atom. The van der Waals surface area contributed by atoms with Crippen molar-refractivity contribution in [1.29, 1.82) is 0 Å². The molecule has 0 saturated heterocycles. The lowest BCUT2D eigenvalue weighted by Crippen LogP contribution is -2.27. The van der Waals surface area contributed by atoms with E-state index in [1.807, 2.05) is 24.3 Å². The van der Waals surface area contributed by atoms with Crippen LogP contribution < -0.4 is 4.74 Å². The summed E-state index contributed by atoms with van der Waals surface area (Å²) in [4.78, 5) is 12.7. The van der Waals surface area contributed by atoms with Gasteiger partial charge >= 0.3 is 5.97 Å². The van der Waals surface area contributed by atoms with E-state index in [1.54, 1.807) is 0 Å². The van der Waals surface area contributed by atoms with E-state index in [-0.39, 0.29) is 6.42 Å². The number of aryl methyl sites for hydroxylation is 1. The first-order chi connectivity index (χ1) is 9.61. The molecule has 0 saturated carbocycles. The van der Waals surface area contributed by atoms with Gasteiger partial charge in [-0.3, -0.25) is 4.79 Å². The Hall–Kier alpha value is -1.55. The Morgan fingerprint density at radius 1 is 1.20 bits per heavy atom. The molecule has 1 aromatic rings. The zero-order valence-corrected chi connectivity index (χ0v) is 12.5. The highest BCUT2D eigenvalue weighted by Crippen LogP contribution is 2.11. The molecule has 0 aliphatic carbocycles. The lowest BCUT2D eigenvalue weighted by atomic mass is 10.2. The number of carboxylic acid groups (broad SMARTS) is 1. The van der Waals surface area contributed by atoms with Crippen molar-refractivity contribution in [2.45, 2.75) is 33.1 Å². The maximum atomic E-state index is 10.5. The maximum absolute atomic E-state index is 10.5. The molecule has 1 rings (SSSR count). The molecule has 1 aromatic carbocycles. The summed E-state index contributed by atoms with van der Waals surface area (Å²) in [5.74, 6) is 0.181. The number of carbonyl (C=O) groups is 1. The highest BCUT2D eigenvalue weighted by Gasteiger charge is 2.05. The van der Waals surface area contributed by atoms with Gasteiger partial charge in [0.05, 0.1) is 13.0 Å². The van der Waals surface area contributed by atoms with Crippen LogP contribution in [0.4, 0.5) is 0 Å². The number of ether oxygens (including phenoxy) is 1. The van der Waals surface area contributed by atoms with E-state index in [4.69, 9.17) is 9.84 Å². The second-order valence-electron chi connectivity index (χ2n) is 4.95. The summed E-state index contributed by atoms with van der Waals surface area (Å²) in [5, 5.41) is 8.67. The van der Waals surface area contributed by atoms with Crippen molar-refractivity contribution in [1.82, 2.24) is 4.90 Å². The van der Waals surface area contributed by atoms with Gasteiger partial charge in [0.15, 0.2) is 0 Å². The Balaban J connectivity index is 2.11. The molecule has 0 spiro atoms. The van der Waals surface area contributed by atoms with Crippen molar-refractivity contribution >= 4 is 5.97 Å². The molecule has 0 unspecified atom stereocenters. The van der Waals surface area contributed by atoms with Crippen molar-refractivity contribution < 1.29 is 14.6 Å². The average molecular weight is 279 g/mol. The van der Waals surface area contributed by atoms with Crippen LogP contribution in [0.2, 0.25) is 0 Å². The minimum absolute atomic E-state index is 0.216. The van der Waals surface area contributed by atoms with E-state index >= 15 is 0 Å². The summed E-state index contributed by atoms with van der Waals surface area (Å²) in [6, 6.07) is 8.06. The van der Waals surface area contributed by atoms with Gasteiger partial charge in [-0.25, -0.2) is 0 Å². The largest absolute Gasteiger partial charge is 0.494 e. The summed E-state index contributed by atoms with van der Waals surface area (Å²) >= 11 is 0. The standard InChI is InChI=1S/C16H25NO3/c1-3-17(12-10-16(18)19)11-4-5-13-20-15-8-6-14(2)7-9-15/h6-9H,3-5,10-13H2,1-2H3,(H,18,19). The molecule has 4 heteroatoms. The van der Waals surface area contributed by atoms with Gasteiger partial charge in [0.1, 0.15) is 5.75 Å². The van der Waals surface area contributed by atoms with Crippen molar-refractivity contribution in [3.05, 3.63) is 29.8 Å². The van der Waals surface area contributed by atoms with E-state index in [0.29, 0.717) is 13.2 Å². The topological polar surface area (TPSA) is 49.8 Å². The molecule has 4 nitrogen and oxygen atoms in total. The summed E-state index contributed by atoms with van der Waals surface area (Å²) in [5.41, 5.74) is 1.23. The third-order valence-electron chi connectivity index (χ3n) is 3.25. The molecule has 0 aromatic heterocycles. The molecule has 0 heterocycles. The van der Waals surface area contributed by atoms with Crippen molar-refractivity contribution in [2.75, 3.05) is 26.2 Å². The van der Waals surface area contributed by atoms with Crippen molar-refractivity contribution in [2.24, 2.45) is 0 Å². The SMILES string of the molecule is CCN(CCCCOc1ccc(C)cc1)CCC(=O)O. The highest BCUT2D eigenvalue weighted by molar-refractivity contribution is 5.66. The number of benzene rings is 1. The summed E-state index contributed by atoms with van der Waals surface area (Å²) in [6.07, 6.45) is 2.23. The maximum Gasteiger partial charge on any atom is 0.304 e. The Kier molecular flexibility index (Phi) is 7.73. The number of unbranched alkanes of at least 4 members (excludes halogenated alkanes) is 1. The van der Waals surface area contributed by atoms with Gasteiger partial charge in [0.2, 0.25) is 0 Å². The van der Waals surface area contributed by atoms with Gasteiger partial charge in [-0.05, 0) is 45.0 Å². The van der Waals surface area contributed by atoms with Gasteiger partial charge in [-0.1, -0.05) is 24.6 Å². The molecule has 1 N–H and O–H groups in total. The molecule has 0 radical (unpaired) electrons. The summed E-state index contributed by atoms with van der Waals surface area (Å²) in [7, 11) is 0. The van der Waals surface area contributed by atoms with Crippen LogP contribution >= 0.6 is 0 Å². The zero-order valence-electron chi connectivity index (χ0n) is 12.5.